The largest absolute Gasteiger partial charge is 0.484 e. The number of ether oxygens (including phenoxy) is 1. The van der Waals surface area contributed by atoms with Crippen molar-refractivity contribution in [2.75, 3.05) is 17.2 Å². The topological polar surface area (TPSA) is 109 Å². The third-order valence-electron chi connectivity index (χ3n) is 5.13. The van der Waals surface area contributed by atoms with Crippen molar-refractivity contribution < 1.29 is 19.1 Å². The normalized spacial score (nSPS) is 10.6. The molecule has 0 atom stereocenters. The van der Waals surface area contributed by atoms with Crippen LogP contribution in [0.3, 0.4) is 0 Å². The number of hydrogen-bond donors (Lipinski definition) is 3. The van der Waals surface area contributed by atoms with Gasteiger partial charge in [0, 0.05) is 11.4 Å². The number of anilines is 2. The summed E-state index contributed by atoms with van der Waals surface area (Å²) in [7, 11) is 0. The molecule has 0 saturated heterocycles. The van der Waals surface area contributed by atoms with Gasteiger partial charge in [-0.25, -0.2) is 5.43 Å². The first-order valence-electron chi connectivity index (χ1n) is 11.3. The first-order chi connectivity index (χ1) is 17.0. The zero-order chi connectivity index (χ0) is 25.0. The van der Waals surface area contributed by atoms with Gasteiger partial charge in [-0.05, 0) is 53.8 Å². The summed E-state index contributed by atoms with van der Waals surface area (Å²) in [6, 6.07) is 21.7. The second-order valence-electron chi connectivity index (χ2n) is 7.58. The van der Waals surface area contributed by atoms with Gasteiger partial charge in [0.15, 0.2) is 6.61 Å². The smallest absolute Gasteiger partial charge is 0.329 e. The molecule has 8 heteroatoms. The van der Waals surface area contributed by atoms with Gasteiger partial charge in [0.2, 0.25) is 0 Å². The van der Waals surface area contributed by atoms with Crippen molar-refractivity contribution in [3.63, 3.8) is 0 Å². The van der Waals surface area contributed by atoms with Crippen molar-refractivity contribution in [1.82, 2.24) is 5.43 Å². The van der Waals surface area contributed by atoms with E-state index in [1.54, 1.807) is 36.4 Å². The van der Waals surface area contributed by atoms with E-state index in [-0.39, 0.29) is 12.5 Å². The number of para-hydroxylation sites is 2. The van der Waals surface area contributed by atoms with Crippen molar-refractivity contribution in [1.29, 1.82) is 0 Å². The maximum atomic E-state index is 12.3. The van der Waals surface area contributed by atoms with Crippen LogP contribution in [0.2, 0.25) is 0 Å². The lowest BCUT2D eigenvalue weighted by molar-refractivity contribution is -0.136. The number of benzene rings is 3. The molecule has 0 radical (unpaired) electrons. The SMILES string of the molecule is CCc1ccccc1NC(=O)COc1cccc(/C=N\NC(=O)C(=O)Nc2ccccc2CC)c1. The van der Waals surface area contributed by atoms with Crippen LogP contribution >= 0.6 is 0 Å². The molecule has 0 heterocycles. The van der Waals surface area contributed by atoms with Gasteiger partial charge in [0.05, 0.1) is 6.21 Å². The Morgan fingerprint density at radius 3 is 2.09 bits per heavy atom. The second-order valence-corrected chi connectivity index (χ2v) is 7.58. The van der Waals surface area contributed by atoms with Gasteiger partial charge >= 0.3 is 11.8 Å². The van der Waals surface area contributed by atoms with Crippen molar-refractivity contribution in [2.45, 2.75) is 26.7 Å². The Labute approximate surface area is 204 Å². The number of carbonyl (C=O) groups excluding carboxylic acids is 3. The number of hydrazone groups is 1. The van der Waals surface area contributed by atoms with Crippen LogP contribution in [0.4, 0.5) is 11.4 Å². The van der Waals surface area contributed by atoms with E-state index in [1.165, 1.54) is 6.21 Å². The summed E-state index contributed by atoms with van der Waals surface area (Å²) in [5, 5.41) is 9.28. The Balaban J connectivity index is 1.50. The predicted molar refractivity (Wildman–Crippen MR) is 137 cm³/mol. The van der Waals surface area contributed by atoms with E-state index in [0.29, 0.717) is 17.0 Å². The molecule has 3 N–H and O–H groups in total. The molecule has 0 unspecified atom stereocenters. The lowest BCUT2D eigenvalue weighted by Gasteiger charge is -2.11. The molecule has 3 aromatic carbocycles. The monoisotopic (exact) mass is 472 g/mol. The molecule has 0 aliphatic heterocycles. The lowest BCUT2D eigenvalue weighted by atomic mass is 10.1. The quantitative estimate of drug-likeness (QED) is 0.249. The summed E-state index contributed by atoms with van der Waals surface area (Å²) in [5.74, 6) is -1.50. The number of nitrogens with zero attached hydrogens (tertiary/aromatic N) is 1. The maximum absolute atomic E-state index is 12.3. The first-order valence-corrected chi connectivity index (χ1v) is 11.3. The van der Waals surface area contributed by atoms with Crippen LogP contribution in [0.15, 0.2) is 77.9 Å². The standard InChI is InChI=1S/C27H28N4O4/c1-3-20-11-5-7-14-23(20)29-25(32)18-35-22-13-9-10-19(16-22)17-28-31-27(34)26(33)30-24-15-8-6-12-21(24)4-2/h5-17H,3-4,18H2,1-2H3,(H,29,32)(H,30,33)(H,31,34)/b28-17-. The minimum Gasteiger partial charge on any atom is -0.484 e. The van der Waals surface area contributed by atoms with Crippen LogP contribution in [0, 0.1) is 0 Å². The van der Waals surface area contributed by atoms with E-state index in [2.05, 4.69) is 21.2 Å². The fourth-order valence-corrected chi connectivity index (χ4v) is 3.32. The molecule has 8 nitrogen and oxygen atoms in total. The number of carbonyl (C=O) groups is 3. The summed E-state index contributed by atoms with van der Waals surface area (Å²) < 4.78 is 5.58. The number of rotatable bonds is 9. The van der Waals surface area contributed by atoms with E-state index >= 15 is 0 Å². The number of hydrogen-bond acceptors (Lipinski definition) is 5. The summed E-state index contributed by atoms with van der Waals surface area (Å²) >= 11 is 0. The van der Waals surface area contributed by atoms with Gasteiger partial charge < -0.3 is 15.4 Å². The molecule has 3 rings (SSSR count). The van der Waals surface area contributed by atoms with Gasteiger partial charge in [0.1, 0.15) is 5.75 Å². The van der Waals surface area contributed by atoms with Crippen LogP contribution in [-0.4, -0.2) is 30.5 Å². The van der Waals surface area contributed by atoms with Crippen LogP contribution in [0.5, 0.6) is 5.75 Å². The molecular formula is C27H28N4O4. The number of amides is 3. The highest BCUT2D eigenvalue weighted by atomic mass is 16.5. The van der Waals surface area contributed by atoms with Crippen LogP contribution in [0.25, 0.3) is 0 Å². The fraction of sp³-hybridized carbons (Fsp3) is 0.185. The third-order valence-corrected chi connectivity index (χ3v) is 5.13. The van der Waals surface area contributed by atoms with Crippen molar-refractivity contribution in [3.8, 4) is 5.75 Å². The van der Waals surface area contributed by atoms with E-state index in [4.69, 9.17) is 4.74 Å². The lowest BCUT2D eigenvalue weighted by Crippen LogP contribution is -2.32. The molecule has 35 heavy (non-hydrogen) atoms. The van der Waals surface area contributed by atoms with E-state index in [9.17, 15) is 14.4 Å². The van der Waals surface area contributed by atoms with Crippen LogP contribution in [0.1, 0.15) is 30.5 Å². The Bertz CT molecular complexity index is 1220. The minimum absolute atomic E-state index is 0.158. The molecule has 0 fully saturated rings. The second kappa shape index (κ2) is 12.7. The summed E-state index contributed by atoms with van der Waals surface area (Å²) in [6.07, 6.45) is 2.92. The highest BCUT2D eigenvalue weighted by Crippen LogP contribution is 2.17. The van der Waals surface area contributed by atoms with Crippen molar-refractivity contribution in [2.24, 2.45) is 5.10 Å². The summed E-state index contributed by atoms with van der Waals surface area (Å²) in [4.78, 5) is 36.5. The Hall–Kier alpha value is -4.46. The van der Waals surface area contributed by atoms with Gasteiger partial charge in [-0.2, -0.15) is 5.10 Å². The number of nitrogens with one attached hydrogen (secondary N) is 3. The molecule has 0 saturated carbocycles. The summed E-state index contributed by atoms with van der Waals surface area (Å²) in [5.41, 5.74) is 6.16. The maximum Gasteiger partial charge on any atom is 0.329 e. The molecule has 0 spiro atoms. The average molecular weight is 473 g/mol. The molecule has 0 aliphatic carbocycles. The zero-order valence-electron chi connectivity index (χ0n) is 19.7. The van der Waals surface area contributed by atoms with Crippen LogP contribution < -0.4 is 20.8 Å². The predicted octanol–water partition coefficient (Wildman–Crippen LogP) is 3.92. The van der Waals surface area contributed by atoms with E-state index < -0.39 is 11.8 Å². The molecule has 3 amide bonds. The molecule has 0 bridgehead atoms. The highest BCUT2D eigenvalue weighted by Gasteiger charge is 2.14. The molecule has 0 aromatic heterocycles. The molecule has 180 valence electrons. The van der Waals surface area contributed by atoms with Gasteiger partial charge in [0.25, 0.3) is 5.91 Å². The zero-order valence-corrected chi connectivity index (χ0v) is 19.7. The molecular weight excluding hydrogens is 444 g/mol. The highest BCUT2D eigenvalue weighted by molar-refractivity contribution is 6.39. The van der Waals surface area contributed by atoms with Gasteiger partial charge in [-0.3, -0.25) is 14.4 Å². The van der Waals surface area contributed by atoms with E-state index in [1.807, 2.05) is 50.2 Å². The fourth-order valence-electron chi connectivity index (χ4n) is 3.32. The number of aryl methyl sites for hydroxylation is 2. The van der Waals surface area contributed by atoms with Gasteiger partial charge in [-0.15, -0.1) is 0 Å². The average Bonchev–Trinajstić information content (AvgIpc) is 2.88. The molecule has 3 aromatic rings. The first kappa shape index (κ1) is 25.2. The summed E-state index contributed by atoms with van der Waals surface area (Å²) in [6.45, 7) is 3.83. The minimum atomic E-state index is -0.886. The Morgan fingerprint density at radius 1 is 0.800 bits per heavy atom. The molecule has 0 aliphatic rings. The third kappa shape index (κ3) is 7.53. The Morgan fingerprint density at radius 2 is 1.43 bits per heavy atom. The van der Waals surface area contributed by atoms with Crippen molar-refractivity contribution in [3.05, 3.63) is 89.5 Å². The Kier molecular flexibility index (Phi) is 9.13. The van der Waals surface area contributed by atoms with E-state index in [0.717, 1.165) is 29.7 Å². The van der Waals surface area contributed by atoms with Gasteiger partial charge in [-0.1, -0.05) is 62.4 Å². The van der Waals surface area contributed by atoms with Crippen LogP contribution in [-0.2, 0) is 27.2 Å². The van der Waals surface area contributed by atoms with Crippen molar-refractivity contribution >= 4 is 35.3 Å².